The lowest BCUT2D eigenvalue weighted by atomic mass is 10.3. The van der Waals surface area contributed by atoms with Crippen LogP contribution in [0.1, 0.15) is 6.92 Å². The Morgan fingerprint density at radius 2 is 1.61 bits per heavy atom. The summed E-state index contributed by atoms with van der Waals surface area (Å²) < 4.78 is 19.0. The number of anilines is 5. The predicted molar refractivity (Wildman–Crippen MR) is 133 cm³/mol. The van der Waals surface area contributed by atoms with Crippen LogP contribution in [0.2, 0.25) is 0 Å². The quantitative estimate of drug-likeness (QED) is 0.312. The van der Waals surface area contributed by atoms with Gasteiger partial charge < -0.3 is 26.0 Å². The molecule has 0 saturated heterocycles. The van der Waals surface area contributed by atoms with Crippen LogP contribution in [0.3, 0.4) is 0 Å². The third-order valence-corrected chi connectivity index (χ3v) is 4.13. The maximum Gasteiger partial charge on any atom is 0.412 e. The van der Waals surface area contributed by atoms with Gasteiger partial charge in [0.05, 0.1) is 6.20 Å². The molecule has 0 aliphatic rings. The van der Waals surface area contributed by atoms with Crippen LogP contribution in [-0.2, 0) is 4.79 Å². The molecule has 4 N–H and O–H groups in total. The standard InChI is InChI=1S/C17H15FN6O2.C7H8N2O/c1-19-17(25)26-12-6-4-5-11(9-12)22-16-21-10-13(18)15(24-16)23-14-7-2-3-8-20-14;1-6(10)9-7-4-2-3-5-8-7/h2-10H,1H3,(H,19,25)(H2,20,21,22,23,24);2-5H,1H3,(H,8,9,10). The van der Waals surface area contributed by atoms with Gasteiger partial charge in [-0.2, -0.15) is 4.98 Å². The van der Waals surface area contributed by atoms with Crippen molar-refractivity contribution < 1.29 is 18.7 Å². The highest BCUT2D eigenvalue weighted by Crippen LogP contribution is 2.22. The van der Waals surface area contributed by atoms with Gasteiger partial charge in [0.25, 0.3) is 0 Å². The van der Waals surface area contributed by atoms with Crippen LogP contribution in [-0.4, -0.2) is 39.0 Å². The highest BCUT2D eigenvalue weighted by Gasteiger charge is 2.09. The molecule has 11 nitrogen and oxygen atoms in total. The molecule has 36 heavy (non-hydrogen) atoms. The van der Waals surface area contributed by atoms with Crippen molar-refractivity contribution in [3.05, 3.63) is 85.1 Å². The maximum atomic E-state index is 13.9. The Morgan fingerprint density at radius 1 is 0.889 bits per heavy atom. The van der Waals surface area contributed by atoms with Crippen molar-refractivity contribution in [2.45, 2.75) is 6.92 Å². The van der Waals surface area contributed by atoms with E-state index in [4.69, 9.17) is 4.74 Å². The highest BCUT2D eigenvalue weighted by atomic mass is 19.1. The fraction of sp³-hybridized carbons (Fsp3) is 0.0833. The molecule has 1 aromatic carbocycles. The summed E-state index contributed by atoms with van der Waals surface area (Å²) in [6.07, 6.45) is 3.68. The van der Waals surface area contributed by atoms with E-state index in [1.165, 1.54) is 14.0 Å². The number of amides is 2. The molecule has 4 aromatic rings. The summed E-state index contributed by atoms with van der Waals surface area (Å²) >= 11 is 0. The van der Waals surface area contributed by atoms with Gasteiger partial charge in [0.1, 0.15) is 17.4 Å². The Kier molecular flexibility index (Phi) is 9.16. The van der Waals surface area contributed by atoms with Crippen molar-refractivity contribution in [2.24, 2.45) is 0 Å². The van der Waals surface area contributed by atoms with Gasteiger partial charge >= 0.3 is 6.09 Å². The molecule has 0 atom stereocenters. The van der Waals surface area contributed by atoms with Crippen LogP contribution in [0.25, 0.3) is 0 Å². The maximum absolute atomic E-state index is 13.9. The smallest absolute Gasteiger partial charge is 0.410 e. The molecule has 0 aliphatic heterocycles. The average molecular weight is 490 g/mol. The normalized spacial score (nSPS) is 9.75. The number of hydrogen-bond donors (Lipinski definition) is 4. The molecule has 184 valence electrons. The molecule has 0 fully saturated rings. The zero-order chi connectivity index (χ0) is 25.8. The summed E-state index contributed by atoms with van der Waals surface area (Å²) in [5, 5.41) is 10.6. The third-order valence-electron chi connectivity index (χ3n) is 4.13. The van der Waals surface area contributed by atoms with Gasteiger partial charge in [-0.1, -0.05) is 18.2 Å². The van der Waals surface area contributed by atoms with Crippen molar-refractivity contribution in [3.8, 4) is 5.75 Å². The Balaban J connectivity index is 0.000000303. The van der Waals surface area contributed by atoms with Crippen molar-refractivity contribution in [1.82, 2.24) is 25.3 Å². The topological polar surface area (TPSA) is 143 Å². The van der Waals surface area contributed by atoms with Crippen LogP contribution in [0.4, 0.5) is 38.3 Å². The molecular formula is C24H23FN8O3. The first kappa shape index (κ1) is 25.5. The zero-order valence-electron chi connectivity index (χ0n) is 19.4. The number of nitrogens with zero attached hydrogens (tertiary/aromatic N) is 4. The van der Waals surface area contributed by atoms with Crippen LogP contribution in [0, 0.1) is 5.82 Å². The van der Waals surface area contributed by atoms with Gasteiger partial charge in [0.2, 0.25) is 11.9 Å². The second-order valence-corrected chi connectivity index (χ2v) is 6.92. The van der Waals surface area contributed by atoms with Crippen LogP contribution in [0.5, 0.6) is 5.75 Å². The van der Waals surface area contributed by atoms with E-state index in [1.54, 1.807) is 67.0 Å². The monoisotopic (exact) mass is 490 g/mol. The Bertz CT molecular complexity index is 1290. The van der Waals surface area contributed by atoms with Gasteiger partial charge in [0, 0.05) is 38.1 Å². The first-order valence-corrected chi connectivity index (χ1v) is 10.6. The van der Waals surface area contributed by atoms with Gasteiger partial charge in [0.15, 0.2) is 11.6 Å². The van der Waals surface area contributed by atoms with E-state index in [2.05, 4.69) is 41.2 Å². The summed E-state index contributed by atoms with van der Waals surface area (Å²) in [7, 11) is 1.47. The number of pyridine rings is 2. The number of carbonyl (C=O) groups is 2. The number of aromatic nitrogens is 4. The van der Waals surface area contributed by atoms with Crippen molar-refractivity contribution >= 4 is 41.1 Å². The van der Waals surface area contributed by atoms with E-state index < -0.39 is 11.9 Å². The molecular weight excluding hydrogens is 467 g/mol. The van der Waals surface area contributed by atoms with Gasteiger partial charge in [-0.05, 0) is 36.4 Å². The lowest BCUT2D eigenvalue weighted by Gasteiger charge is -2.10. The van der Waals surface area contributed by atoms with E-state index in [0.29, 0.717) is 23.1 Å². The minimum absolute atomic E-state index is 0.0148. The second kappa shape index (κ2) is 12.9. The fourth-order valence-electron chi connectivity index (χ4n) is 2.61. The number of nitrogens with one attached hydrogen (secondary N) is 4. The molecule has 3 heterocycles. The second-order valence-electron chi connectivity index (χ2n) is 6.92. The molecule has 0 aliphatic carbocycles. The summed E-state index contributed by atoms with van der Waals surface area (Å²) in [6.45, 7) is 1.45. The fourth-order valence-corrected chi connectivity index (χ4v) is 2.61. The number of ether oxygens (including phenoxy) is 1. The Morgan fingerprint density at radius 3 is 2.25 bits per heavy atom. The van der Waals surface area contributed by atoms with Crippen molar-refractivity contribution in [2.75, 3.05) is 23.0 Å². The van der Waals surface area contributed by atoms with Gasteiger partial charge in [-0.3, -0.25) is 4.79 Å². The largest absolute Gasteiger partial charge is 0.412 e. The first-order chi connectivity index (χ1) is 17.4. The van der Waals surface area contributed by atoms with Crippen LogP contribution < -0.4 is 26.0 Å². The van der Waals surface area contributed by atoms with Crippen molar-refractivity contribution in [1.29, 1.82) is 0 Å². The number of benzene rings is 1. The summed E-state index contributed by atoms with van der Waals surface area (Å²) in [5.74, 6) is 0.827. The summed E-state index contributed by atoms with van der Waals surface area (Å²) in [5.41, 5.74) is 0.571. The molecule has 4 rings (SSSR count). The average Bonchev–Trinajstić information content (AvgIpc) is 2.87. The molecule has 2 amide bonds. The van der Waals surface area contributed by atoms with E-state index in [9.17, 15) is 14.0 Å². The zero-order valence-corrected chi connectivity index (χ0v) is 19.4. The number of hydrogen-bond acceptors (Lipinski definition) is 9. The Hall–Kier alpha value is -5.13. The lowest BCUT2D eigenvalue weighted by Crippen LogP contribution is -2.22. The van der Waals surface area contributed by atoms with Crippen LogP contribution in [0.15, 0.2) is 79.3 Å². The minimum Gasteiger partial charge on any atom is -0.410 e. The molecule has 0 radical (unpaired) electrons. The number of rotatable bonds is 6. The molecule has 0 bridgehead atoms. The summed E-state index contributed by atoms with van der Waals surface area (Å²) in [4.78, 5) is 37.7. The molecule has 0 spiro atoms. The first-order valence-electron chi connectivity index (χ1n) is 10.6. The predicted octanol–water partition coefficient (Wildman–Crippen LogP) is 4.26. The third kappa shape index (κ3) is 8.33. The molecule has 12 heteroatoms. The van der Waals surface area contributed by atoms with Crippen LogP contribution >= 0.6 is 0 Å². The SMILES string of the molecule is CC(=O)Nc1ccccn1.CNC(=O)Oc1cccc(Nc2ncc(F)c(Nc3ccccn3)n2)c1. The van der Waals surface area contributed by atoms with E-state index in [0.717, 1.165) is 6.20 Å². The highest BCUT2D eigenvalue weighted by molar-refractivity contribution is 5.87. The van der Waals surface area contributed by atoms with Crippen molar-refractivity contribution in [3.63, 3.8) is 0 Å². The Labute approximate surface area is 206 Å². The lowest BCUT2D eigenvalue weighted by molar-refractivity contribution is -0.114. The van der Waals surface area contributed by atoms with E-state index in [1.807, 2.05) is 6.07 Å². The number of halogens is 1. The van der Waals surface area contributed by atoms with Gasteiger partial charge in [-0.25, -0.2) is 24.1 Å². The number of carbonyl (C=O) groups excluding carboxylic acids is 2. The molecule has 3 aromatic heterocycles. The van der Waals surface area contributed by atoms with E-state index in [-0.39, 0.29) is 17.7 Å². The minimum atomic E-state index is -0.613. The van der Waals surface area contributed by atoms with E-state index >= 15 is 0 Å². The van der Waals surface area contributed by atoms with Gasteiger partial charge in [-0.15, -0.1) is 0 Å². The molecule has 0 unspecified atom stereocenters. The summed E-state index contributed by atoms with van der Waals surface area (Å²) in [6, 6.07) is 17.2. The molecule has 0 saturated carbocycles.